The van der Waals surface area contributed by atoms with Crippen molar-refractivity contribution in [3.8, 4) is 5.75 Å². The number of halogens is 1. The fraction of sp³-hybridized carbons (Fsp3) is 0.562. The highest BCUT2D eigenvalue weighted by Gasteiger charge is 2.15. The lowest BCUT2D eigenvalue weighted by molar-refractivity contribution is 0.0975. The maximum absolute atomic E-state index is 12.3. The zero-order valence-corrected chi connectivity index (χ0v) is 13.3. The standard InChI is InChI=1S/C16H23ClN2O2/c1-21-16-11-14(18)13(17)10-12(16)15(20)6-2-3-7-19-8-4-5-9-19/h10-11H,2-9,18H2,1H3. The van der Waals surface area contributed by atoms with Crippen molar-refractivity contribution in [3.63, 3.8) is 0 Å². The number of nitrogen functional groups attached to an aromatic ring is 1. The molecule has 1 heterocycles. The molecule has 0 radical (unpaired) electrons. The van der Waals surface area contributed by atoms with Crippen molar-refractivity contribution in [1.29, 1.82) is 0 Å². The van der Waals surface area contributed by atoms with Crippen LogP contribution in [0.15, 0.2) is 12.1 Å². The maximum Gasteiger partial charge on any atom is 0.166 e. The molecule has 0 atom stereocenters. The van der Waals surface area contributed by atoms with Crippen LogP contribution in [0.1, 0.15) is 42.5 Å². The van der Waals surface area contributed by atoms with Crippen molar-refractivity contribution in [2.75, 3.05) is 32.5 Å². The molecular weight excluding hydrogens is 288 g/mol. The number of carbonyl (C=O) groups is 1. The van der Waals surface area contributed by atoms with Crippen LogP contribution in [0, 0.1) is 0 Å². The molecule has 4 nitrogen and oxygen atoms in total. The predicted molar refractivity (Wildman–Crippen MR) is 86.3 cm³/mol. The molecule has 0 aromatic heterocycles. The number of methoxy groups -OCH3 is 1. The van der Waals surface area contributed by atoms with Crippen LogP contribution in [-0.4, -0.2) is 37.4 Å². The van der Waals surface area contributed by atoms with E-state index in [0.717, 1.165) is 19.4 Å². The third kappa shape index (κ3) is 4.35. The number of anilines is 1. The van der Waals surface area contributed by atoms with E-state index in [4.69, 9.17) is 22.1 Å². The average molecular weight is 311 g/mol. The molecule has 1 aromatic rings. The molecule has 5 heteroatoms. The second-order valence-corrected chi connectivity index (χ2v) is 5.91. The van der Waals surface area contributed by atoms with Crippen molar-refractivity contribution < 1.29 is 9.53 Å². The van der Waals surface area contributed by atoms with Crippen LogP contribution in [0.2, 0.25) is 5.02 Å². The Morgan fingerprint density at radius 2 is 2.05 bits per heavy atom. The first kappa shape index (κ1) is 16.1. The number of likely N-dealkylation sites (tertiary alicyclic amines) is 1. The molecule has 0 unspecified atom stereocenters. The van der Waals surface area contributed by atoms with E-state index in [2.05, 4.69) is 4.90 Å². The minimum absolute atomic E-state index is 0.0650. The van der Waals surface area contributed by atoms with Gasteiger partial charge in [0.25, 0.3) is 0 Å². The number of nitrogens with two attached hydrogens (primary N) is 1. The molecule has 0 spiro atoms. The van der Waals surface area contributed by atoms with Crippen molar-refractivity contribution in [3.05, 3.63) is 22.7 Å². The van der Waals surface area contributed by atoms with E-state index in [1.54, 1.807) is 12.1 Å². The first-order chi connectivity index (χ1) is 10.1. The number of hydrogen-bond acceptors (Lipinski definition) is 4. The zero-order valence-electron chi connectivity index (χ0n) is 12.5. The number of ether oxygens (including phenoxy) is 1. The van der Waals surface area contributed by atoms with Gasteiger partial charge >= 0.3 is 0 Å². The molecule has 1 fully saturated rings. The molecule has 0 saturated carbocycles. The molecule has 1 aliphatic heterocycles. The summed E-state index contributed by atoms with van der Waals surface area (Å²) in [5, 5.41) is 0.399. The highest BCUT2D eigenvalue weighted by Crippen LogP contribution is 2.30. The Bertz CT molecular complexity index is 499. The van der Waals surface area contributed by atoms with Crippen LogP contribution in [0.5, 0.6) is 5.75 Å². The minimum Gasteiger partial charge on any atom is -0.496 e. The van der Waals surface area contributed by atoms with Gasteiger partial charge < -0.3 is 15.4 Å². The lowest BCUT2D eigenvalue weighted by atomic mass is 10.0. The summed E-state index contributed by atoms with van der Waals surface area (Å²) in [5.74, 6) is 0.566. The second-order valence-electron chi connectivity index (χ2n) is 5.50. The smallest absolute Gasteiger partial charge is 0.166 e. The fourth-order valence-electron chi connectivity index (χ4n) is 2.72. The number of unbranched alkanes of at least 4 members (excludes halogenated alkanes) is 1. The minimum atomic E-state index is 0.0650. The molecule has 2 rings (SSSR count). The largest absolute Gasteiger partial charge is 0.496 e. The van der Waals surface area contributed by atoms with Crippen LogP contribution < -0.4 is 10.5 Å². The highest BCUT2D eigenvalue weighted by molar-refractivity contribution is 6.33. The second kappa shape index (κ2) is 7.66. The van der Waals surface area contributed by atoms with Gasteiger partial charge in [-0.05, 0) is 51.4 Å². The summed E-state index contributed by atoms with van der Waals surface area (Å²) in [6, 6.07) is 3.22. The van der Waals surface area contributed by atoms with Gasteiger partial charge in [-0.25, -0.2) is 0 Å². The summed E-state index contributed by atoms with van der Waals surface area (Å²) in [7, 11) is 1.53. The molecule has 0 aliphatic carbocycles. The highest BCUT2D eigenvalue weighted by atomic mass is 35.5. The lowest BCUT2D eigenvalue weighted by Gasteiger charge is -2.14. The first-order valence-corrected chi connectivity index (χ1v) is 7.88. The Morgan fingerprint density at radius 3 is 2.71 bits per heavy atom. The number of nitrogens with zero attached hydrogens (tertiary/aromatic N) is 1. The molecule has 1 aromatic carbocycles. The molecule has 1 saturated heterocycles. The Morgan fingerprint density at radius 1 is 1.33 bits per heavy atom. The van der Waals surface area contributed by atoms with Crippen molar-refractivity contribution in [1.82, 2.24) is 4.90 Å². The average Bonchev–Trinajstić information content (AvgIpc) is 2.99. The van der Waals surface area contributed by atoms with Crippen molar-refractivity contribution >= 4 is 23.1 Å². The monoisotopic (exact) mass is 310 g/mol. The van der Waals surface area contributed by atoms with Crippen LogP contribution in [0.4, 0.5) is 5.69 Å². The van der Waals surface area contributed by atoms with Gasteiger partial charge in [0.1, 0.15) is 5.75 Å². The summed E-state index contributed by atoms with van der Waals surface area (Å²) in [4.78, 5) is 14.8. The van der Waals surface area contributed by atoms with E-state index in [0.29, 0.717) is 28.4 Å². The number of benzene rings is 1. The van der Waals surface area contributed by atoms with Gasteiger partial charge in [-0.15, -0.1) is 0 Å². The van der Waals surface area contributed by atoms with Gasteiger partial charge in [-0.2, -0.15) is 0 Å². The lowest BCUT2D eigenvalue weighted by Crippen LogP contribution is -2.20. The normalized spacial score (nSPS) is 15.3. The van der Waals surface area contributed by atoms with E-state index in [-0.39, 0.29) is 5.78 Å². The van der Waals surface area contributed by atoms with Crippen LogP contribution in [0.3, 0.4) is 0 Å². The van der Waals surface area contributed by atoms with Crippen LogP contribution >= 0.6 is 11.6 Å². The van der Waals surface area contributed by atoms with E-state index < -0.39 is 0 Å². The molecule has 2 N–H and O–H groups in total. The van der Waals surface area contributed by atoms with Gasteiger partial charge in [0, 0.05) is 12.5 Å². The van der Waals surface area contributed by atoms with Crippen molar-refractivity contribution in [2.45, 2.75) is 32.1 Å². The van der Waals surface area contributed by atoms with Crippen LogP contribution in [0.25, 0.3) is 0 Å². The number of Topliss-reactive ketones (excluding diaryl/α,β-unsaturated/α-hetero) is 1. The summed E-state index contributed by atoms with van der Waals surface area (Å²) >= 11 is 5.99. The summed E-state index contributed by atoms with van der Waals surface area (Å²) < 4.78 is 5.22. The van der Waals surface area contributed by atoms with Gasteiger partial charge in [0.05, 0.1) is 23.4 Å². The van der Waals surface area contributed by atoms with Gasteiger partial charge in [-0.1, -0.05) is 11.6 Å². The molecule has 0 bridgehead atoms. The van der Waals surface area contributed by atoms with E-state index in [9.17, 15) is 4.79 Å². The Balaban J connectivity index is 1.86. The zero-order chi connectivity index (χ0) is 15.2. The maximum atomic E-state index is 12.3. The third-order valence-corrected chi connectivity index (χ3v) is 4.27. The number of ketones is 1. The van der Waals surface area contributed by atoms with Crippen LogP contribution in [-0.2, 0) is 0 Å². The molecular formula is C16H23ClN2O2. The fourth-order valence-corrected chi connectivity index (χ4v) is 2.88. The Kier molecular flexibility index (Phi) is 5.88. The molecule has 1 aliphatic rings. The van der Waals surface area contributed by atoms with E-state index >= 15 is 0 Å². The number of hydrogen-bond donors (Lipinski definition) is 1. The van der Waals surface area contributed by atoms with Crippen molar-refractivity contribution in [2.24, 2.45) is 0 Å². The van der Waals surface area contributed by atoms with E-state index in [1.165, 1.54) is 33.0 Å². The Hall–Kier alpha value is -1.26. The first-order valence-electron chi connectivity index (χ1n) is 7.50. The molecule has 21 heavy (non-hydrogen) atoms. The topological polar surface area (TPSA) is 55.6 Å². The predicted octanol–water partition coefficient (Wildman–Crippen LogP) is 3.38. The third-order valence-electron chi connectivity index (χ3n) is 3.95. The summed E-state index contributed by atoms with van der Waals surface area (Å²) in [5.41, 5.74) is 6.68. The van der Waals surface area contributed by atoms with Gasteiger partial charge in [0.2, 0.25) is 0 Å². The summed E-state index contributed by atoms with van der Waals surface area (Å²) in [6.45, 7) is 3.50. The van der Waals surface area contributed by atoms with Gasteiger partial charge in [0.15, 0.2) is 5.78 Å². The molecule has 0 amide bonds. The quantitative estimate of drug-likeness (QED) is 0.476. The summed E-state index contributed by atoms with van der Waals surface area (Å²) in [6.07, 6.45) is 5.07. The number of carbonyl (C=O) groups excluding carboxylic acids is 1. The van der Waals surface area contributed by atoms with Gasteiger partial charge in [-0.3, -0.25) is 4.79 Å². The molecule has 116 valence electrons. The Labute approximate surface area is 131 Å². The van der Waals surface area contributed by atoms with E-state index in [1.807, 2.05) is 0 Å². The SMILES string of the molecule is COc1cc(N)c(Cl)cc1C(=O)CCCCN1CCCC1. The number of rotatable bonds is 7.